The highest BCUT2D eigenvalue weighted by molar-refractivity contribution is 6.74. The number of nitrogens with zero attached hydrogens (tertiary/aromatic N) is 1. The van der Waals surface area contributed by atoms with E-state index in [0.29, 0.717) is 6.61 Å². The zero-order valence-corrected chi connectivity index (χ0v) is 18.0. The van der Waals surface area contributed by atoms with E-state index in [1.54, 1.807) is 0 Å². The molecule has 0 radical (unpaired) electrons. The number of amides is 1. The van der Waals surface area contributed by atoms with Gasteiger partial charge in [0.2, 0.25) is 0 Å². The summed E-state index contributed by atoms with van der Waals surface area (Å²) in [6.07, 6.45) is 0.273. The SMILES string of the molecule is COc1cc(C(=O)N2CC(=O)C[C@H]2CO[Si](C)(C)C(C)(C)C)c(N)cc1O. The summed E-state index contributed by atoms with van der Waals surface area (Å²) in [7, 11) is -0.601. The van der Waals surface area contributed by atoms with Gasteiger partial charge in [-0.2, -0.15) is 0 Å². The molecule has 7 nitrogen and oxygen atoms in total. The van der Waals surface area contributed by atoms with Gasteiger partial charge in [0, 0.05) is 18.2 Å². The smallest absolute Gasteiger partial charge is 0.256 e. The molecule has 1 amide bonds. The van der Waals surface area contributed by atoms with Crippen LogP contribution < -0.4 is 10.5 Å². The van der Waals surface area contributed by atoms with Crippen molar-refractivity contribution < 1.29 is 23.9 Å². The average Bonchev–Trinajstić information content (AvgIpc) is 2.92. The third-order valence-corrected chi connectivity index (χ3v) is 10.0. The van der Waals surface area contributed by atoms with Crippen molar-refractivity contribution in [3.63, 3.8) is 0 Å². The fourth-order valence-corrected chi connectivity index (χ4v) is 3.79. The molecule has 0 unspecified atom stereocenters. The standard InChI is InChI=1S/C19H30N2O5Si/c1-19(2,3)27(5,6)26-11-12-7-13(22)10-21(12)18(24)14-8-17(25-4)16(23)9-15(14)20/h8-9,12,23H,7,10-11,20H2,1-6H3/t12-/m0/s1. The minimum Gasteiger partial charge on any atom is -0.504 e. The van der Waals surface area contributed by atoms with E-state index in [1.807, 2.05) is 0 Å². The number of rotatable bonds is 5. The fourth-order valence-electron chi connectivity index (χ4n) is 2.75. The van der Waals surface area contributed by atoms with Gasteiger partial charge in [-0.25, -0.2) is 0 Å². The lowest BCUT2D eigenvalue weighted by Crippen LogP contribution is -2.46. The first kappa shape index (κ1) is 21.2. The van der Waals surface area contributed by atoms with Gasteiger partial charge in [0.1, 0.15) is 0 Å². The highest BCUT2D eigenvalue weighted by Crippen LogP contribution is 2.37. The van der Waals surface area contributed by atoms with Crippen LogP contribution in [0.5, 0.6) is 11.5 Å². The highest BCUT2D eigenvalue weighted by Gasteiger charge is 2.41. The van der Waals surface area contributed by atoms with Gasteiger partial charge in [-0.3, -0.25) is 9.59 Å². The Hall–Kier alpha value is -2.06. The number of carbonyl (C=O) groups excluding carboxylic acids is 2. The minimum atomic E-state index is -2.00. The van der Waals surface area contributed by atoms with Gasteiger partial charge < -0.3 is 24.9 Å². The molecule has 1 fully saturated rings. The number of phenols is 1. The number of nitrogens with two attached hydrogens (primary N) is 1. The minimum absolute atomic E-state index is 0.00324. The van der Waals surface area contributed by atoms with Crippen LogP contribution in [0.25, 0.3) is 0 Å². The lowest BCUT2D eigenvalue weighted by Gasteiger charge is -2.37. The summed E-state index contributed by atoms with van der Waals surface area (Å²) in [5.74, 6) is -0.342. The molecule has 27 heavy (non-hydrogen) atoms. The predicted octanol–water partition coefficient (Wildman–Crippen LogP) is 2.79. The number of nitrogen functional groups attached to an aromatic ring is 1. The molecule has 1 aromatic carbocycles. The van der Waals surface area contributed by atoms with Crippen molar-refractivity contribution in [2.45, 2.75) is 51.4 Å². The Morgan fingerprint density at radius 2 is 2.00 bits per heavy atom. The monoisotopic (exact) mass is 394 g/mol. The Bertz CT molecular complexity index is 742. The molecule has 0 spiro atoms. The number of carbonyl (C=O) groups is 2. The number of methoxy groups -OCH3 is 1. The topological polar surface area (TPSA) is 102 Å². The van der Waals surface area contributed by atoms with Crippen molar-refractivity contribution in [3.05, 3.63) is 17.7 Å². The molecule has 150 valence electrons. The third kappa shape index (κ3) is 4.44. The van der Waals surface area contributed by atoms with Crippen molar-refractivity contribution >= 4 is 25.7 Å². The van der Waals surface area contributed by atoms with Crippen LogP contribution in [0.4, 0.5) is 5.69 Å². The van der Waals surface area contributed by atoms with Gasteiger partial charge in [0.15, 0.2) is 25.6 Å². The Kier molecular flexibility index (Phi) is 5.91. The molecule has 2 rings (SSSR count). The largest absolute Gasteiger partial charge is 0.504 e. The summed E-state index contributed by atoms with van der Waals surface area (Å²) in [6.45, 7) is 11.1. The molecular weight excluding hydrogens is 364 g/mol. The van der Waals surface area contributed by atoms with Crippen LogP contribution in [0.3, 0.4) is 0 Å². The first-order valence-corrected chi connectivity index (χ1v) is 11.9. The second kappa shape index (κ2) is 7.51. The molecule has 0 aliphatic carbocycles. The van der Waals surface area contributed by atoms with Crippen molar-refractivity contribution in [2.75, 3.05) is 26.0 Å². The molecule has 1 heterocycles. The molecule has 0 bridgehead atoms. The van der Waals surface area contributed by atoms with E-state index in [2.05, 4.69) is 33.9 Å². The number of hydrogen-bond donors (Lipinski definition) is 2. The third-order valence-electron chi connectivity index (χ3n) is 5.54. The number of likely N-dealkylation sites (tertiary alicyclic amines) is 1. The van der Waals surface area contributed by atoms with Gasteiger partial charge >= 0.3 is 0 Å². The van der Waals surface area contributed by atoms with Crippen LogP contribution in [0.15, 0.2) is 12.1 Å². The van der Waals surface area contributed by atoms with Crippen molar-refractivity contribution in [3.8, 4) is 11.5 Å². The van der Waals surface area contributed by atoms with Crippen LogP contribution in [0, 0.1) is 0 Å². The van der Waals surface area contributed by atoms with Gasteiger partial charge in [0.05, 0.1) is 31.9 Å². The Labute approximate surface area is 161 Å². The predicted molar refractivity (Wildman–Crippen MR) is 107 cm³/mol. The van der Waals surface area contributed by atoms with Gasteiger partial charge in [0.25, 0.3) is 5.91 Å². The normalized spacial score (nSPS) is 18.1. The lowest BCUT2D eigenvalue weighted by molar-refractivity contribution is -0.116. The molecule has 0 aromatic heterocycles. The van der Waals surface area contributed by atoms with Crippen LogP contribution in [-0.4, -0.2) is 56.3 Å². The van der Waals surface area contributed by atoms with Crippen molar-refractivity contribution in [1.29, 1.82) is 0 Å². The molecule has 1 aliphatic heterocycles. The zero-order valence-electron chi connectivity index (χ0n) is 17.0. The van der Waals surface area contributed by atoms with Crippen molar-refractivity contribution in [2.24, 2.45) is 0 Å². The van der Waals surface area contributed by atoms with Gasteiger partial charge in [-0.1, -0.05) is 20.8 Å². The molecule has 1 aromatic rings. The van der Waals surface area contributed by atoms with E-state index >= 15 is 0 Å². The second-order valence-electron chi connectivity index (χ2n) is 8.51. The Morgan fingerprint density at radius 3 is 2.56 bits per heavy atom. The van der Waals surface area contributed by atoms with Crippen LogP contribution in [0.1, 0.15) is 37.6 Å². The maximum absolute atomic E-state index is 13.0. The molecular formula is C19H30N2O5Si. The number of ether oxygens (including phenoxy) is 1. The lowest BCUT2D eigenvalue weighted by atomic mass is 10.1. The van der Waals surface area contributed by atoms with E-state index in [-0.39, 0.29) is 58.5 Å². The number of Topliss-reactive ketones (excluding diaryl/α,β-unsaturated/α-hetero) is 1. The van der Waals surface area contributed by atoms with Crippen LogP contribution in [-0.2, 0) is 9.22 Å². The summed E-state index contributed by atoms with van der Waals surface area (Å²) in [6, 6.07) is 2.37. The maximum atomic E-state index is 13.0. The number of benzene rings is 1. The van der Waals surface area contributed by atoms with Crippen LogP contribution >= 0.6 is 0 Å². The molecule has 8 heteroatoms. The number of ketones is 1. The maximum Gasteiger partial charge on any atom is 0.256 e. The van der Waals surface area contributed by atoms with Crippen molar-refractivity contribution in [1.82, 2.24) is 4.90 Å². The zero-order chi connectivity index (χ0) is 20.6. The van der Waals surface area contributed by atoms with Crippen LogP contribution in [0.2, 0.25) is 18.1 Å². The second-order valence-corrected chi connectivity index (χ2v) is 13.3. The number of hydrogen-bond acceptors (Lipinski definition) is 6. The first-order valence-electron chi connectivity index (χ1n) is 9.00. The number of anilines is 1. The van der Waals surface area contributed by atoms with Gasteiger partial charge in [-0.05, 0) is 24.2 Å². The molecule has 0 saturated carbocycles. The van der Waals surface area contributed by atoms with E-state index in [0.717, 1.165) is 0 Å². The van der Waals surface area contributed by atoms with E-state index in [4.69, 9.17) is 14.9 Å². The van der Waals surface area contributed by atoms with E-state index in [1.165, 1.54) is 24.1 Å². The summed E-state index contributed by atoms with van der Waals surface area (Å²) in [5, 5.41) is 9.85. The fraction of sp³-hybridized carbons (Fsp3) is 0.579. The highest BCUT2D eigenvalue weighted by atomic mass is 28.4. The Morgan fingerprint density at radius 1 is 1.37 bits per heavy atom. The number of phenolic OH excluding ortho intramolecular Hbond substituents is 1. The molecule has 1 atom stereocenters. The molecule has 1 aliphatic rings. The Balaban J connectivity index is 2.23. The summed E-state index contributed by atoms with van der Waals surface area (Å²) in [4.78, 5) is 26.6. The summed E-state index contributed by atoms with van der Waals surface area (Å²) >= 11 is 0. The first-order chi connectivity index (χ1) is 12.4. The van der Waals surface area contributed by atoms with E-state index < -0.39 is 8.32 Å². The molecule has 3 N–H and O–H groups in total. The summed E-state index contributed by atoms with van der Waals surface area (Å²) < 4.78 is 11.3. The average molecular weight is 395 g/mol. The van der Waals surface area contributed by atoms with E-state index in [9.17, 15) is 14.7 Å². The van der Waals surface area contributed by atoms with Gasteiger partial charge in [-0.15, -0.1) is 0 Å². The summed E-state index contributed by atoms with van der Waals surface area (Å²) in [5.41, 5.74) is 6.27. The number of aromatic hydroxyl groups is 1. The molecule has 1 saturated heterocycles. The quantitative estimate of drug-likeness (QED) is 0.588.